The van der Waals surface area contributed by atoms with E-state index in [0.717, 1.165) is 0 Å². The van der Waals surface area contributed by atoms with Gasteiger partial charge in [0.2, 0.25) is 0 Å². The summed E-state index contributed by atoms with van der Waals surface area (Å²) in [5, 5.41) is 5.22. The van der Waals surface area contributed by atoms with Crippen LogP contribution in [0.1, 0.15) is 29.8 Å². The molecule has 0 saturated heterocycles. The fourth-order valence-corrected chi connectivity index (χ4v) is 3.36. The van der Waals surface area contributed by atoms with Gasteiger partial charge in [-0.05, 0) is 80.1 Å². The van der Waals surface area contributed by atoms with Gasteiger partial charge in [0.1, 0.15) is 5.75 Å². The Labute approximate surface area is 217 Å². The fourth-order valence-electron chi connectivity index (χ4n) is 2.78. The van der Waals surface area contributed by atoms with E-state index in [2.05, 4.69) is 10.5 Å². The largest absolute Gasteiger partial charge is 0.490 e. The number of benzene rings is 3. The molecule has 0 aromatic heterocycles. The summed E-state index contributed by atoms with van der Waals surface area (Å²) in [4.78, 5) is 24.7. The van der Waals surface area contributed by atoms with Gasteiger partial charge in [-0.2, -0.15) is 5.10 Å². The van der Waals surface area contributed by atoms with Crippen LogP contribution in [0.25, 0.3) is 0 Å². The van der Waals surface area contributed by atoms with E-state index in [0.29, 0.717) is 44.3 Å². The van der Waals surface area contributed by atoms with Crippen molar-refractivity contribution >= 4 is 52.9 Å². The van der Waals surface area contributed by atoms with Crippen molar-refractivity contribution in [3.63, 3.8) is 0 Å². The zero-order valence-corrected chi connectivity index (χ0v) is 21.0. The summed E-state index contributed by atoms with van der Waals surface area (Å²) in [6.07, 6.45) is 0.562. The molecule has 1 unspecified atom stereocenters. The molecule has 3 rings (SSSR count). The van der Waals surface area contributed by atoms with E-state index < -0.39 is 18.0 Å². The zero-order chi connectivity index (χ0) is 25.4. The lowest BCUT2D eigenvalue weighted by atomic mass is 10.2. The first-order valence-corrected chi connectivity index (χ1v) is 11.6. The minimum Gasteiger partial charge on any atom is -0.490 e. The third kappa shape index (κ3) is 7.62. The lowest BCUT2D eigenvalue weighted by Crippen LogP contribution is -2.33. The van der Waals surface area contributed by atoms with Crippen molar-refractivity contribution in [2.24, 2.45) is 5.10 Å². The Morgan fingerprint density at radius 3 is 2.31 bits per heavy atom. The van der Waals surface area contributed by atoms with Crippen molar-refractivity contribution in [2.45, 2.75) is 20.0 Å². The molecule has 7 nitrogen and oxygen atoms in total. The number of ether oxygens (including phenoxy) is 3. The van der Waals surface area contributed by atoms with Crippen LogP contribution in [0.3, 0.4) is 0 Å². The first kappa shape index (κ1) is 26.3. The Hall–Kier alpha value is -3.26. The number of halogens is 3. The van der Waals surface area contributed by atoms with E-state index in [1.54, 1.807) is 68.4 Å². The molecule has 0 radical (unpaired) electrons. The highest BCUT2D eigenvalue weighted by atomic mass is 35.5. The van der Waals surface area contributed by atoms with Gasteiger partial charge >= 0.3 is 5.97 Å². The zero-order valence-electron chi connectivity index (χ0n) is 18.8. The smallest absolute Gasteiger partial charge is 0.343 e. The van der Waals surface area contributed by atoms with Gasteiger partial charge in [0.25, 0.3) is 5.91 Å². The van der Waals surface area contributed by atoms with Crippen LogP contribution in [-0.4, -0.2) is 30.8 Å². The molecule has 0 saturated carbocycles. The number of hydrazone groups is 1. The van der Waals surface area contributed by atoms with Crippen molar-refractivity contribution in [3.05, 3.63) is 86.9 Å². The lowest BCUT2D eigenvalue weighted by molar-refractivity contribution is -0.127. The Kier molecular flexibility index (Phi) is 9.37. The Balaban J connectivity index is 1.63. The monoisotopic (exact) mass is 534 g/mol. The van der Waals surface area contributed by atoms with Gasteiger partial charge in [-0.1, -0.05) is 34.8 Å². The Bertz CT molecular complexity index is 1230. The number of carbonyl (C=O) groups is 2. The molecule has 0 aliphatic carbocycles. The van der Waals surface area contributed by atoms with Gasteiger partial charge in [-0.3, -0.25) is 4.79 Å². The number of carbonyl (C=O) groups excluding carboxylic acids is 2. The third-order valence-electron chi connectivity index (χ3n) is 4.51. The highest BCUT2D eigenvalue weighted by Crippen LogP contribution is 2.30. The summed E-state index contributed by atoms with van der Waals surface area (Å²) in [5.74, 6) is -0.112. The molecule has 0 bridgehead atoms. The summed E-state index contributed by atoms with van der Waals surface area (Å²) >= 11 is 17.8. The maximum absolute atomic E-state index is 12.4. The van der Waals surface area contributed by atoms with Crippen LogP contribution >= 0.6 is 34.8 Å². The molecule has 3 aromatic rings. The molecular formula is C25H21Cl3N2O5. The molecule has 0 heterocycles. The molecule has 35 heavy (non-hydrogen) atoms. The Morgan fingerprint density at radius 2 is 1.63 bits per heavy atom. The van der Waals surface area contributed by atoms with Crippen LogP contribution < -0.4 is 19.6 Å². The Morgan fingerprint density at radius 1 is 0.943 bits per heavy atom. The van der Waals surface area contributed by atoms with E-state index >= 15 is 0 Å². The molecule has 0 aliphatic rings. The van der Waals surface area contributed by atoms with Gasteiger partial charge in [0, 0.05) is 10.0 Å². The quantitative estimate of drug-likeness (QED) is 0.153. The maximum Gasteiger partial charge on any atom is 0.343 e. The molecule has 1 N–H and O–H groups in total. The molecule has 1 amide bonds. The van der Waals surface area contributed by atoms with Crippen LogP contribution in [-0.2, 0) is 4.79 Å². The standard InChI is InChI=1S/C25H21Cl3N2O5/c1-3-33-23-12-16(4-10-22(23)35-25(32)17-5-7-18(26)8-6-17)14-29-30-24(31)15(2)34-21-11-9-19(27)13-20(21)28/h4-15H,3H2,1-2H3,(H,30,31)/b29-14+. The molecule has 10 heteroatoms. The van der Waals surface area contributed by atoms with Crippen molar-refractivity contribution in [2.75, 3.05) is 6.61 Å². The van der Waals surface area contributed by atoms with Gasteiger partial charge in [-0.25, -0.2) is 10.2 Å². The highest BCUT2D eigenvalue weighted by molar-refractivity contribution is 6.35. The number of amides is 1. The summed E-state index contributed by atoms with van der Waals surface area (Å²) < 4.78 is 16.6. The number of esters is 1. The van der Waals surface area contributed by atoms with Crippen molar-refractivity contribution in [1.29, 1.82) is 0 Å². The average Bonchev–Trinajstić information content (AvgIpc) is 2.82. The average molecular weight is 536 g/mol. The summed E-state index contributed by atoms with van der Waals surface area (Å²) in [6.45, 7) is 3.72. The minimum atomic E-state index is -0.862. The number of hydrogen-bond donors (Lipinski definition) is 1. The van der Waals surface area contributed by atoms with E-state index in [-0.39, 0.29) is 5.75 Å². The molecular weight excluding hydrogens is 515 g/mol. The topological polar surface area (TPSA) is 86.2 Å². The molecule has 0 spiro atoms. The van der Waals surface area contributed by atoms with Crippen LogP contribution in [0.5, 0.6) is 17.2 Å². The fraction of sp³-hybridized carbons (Fsp3) is 0.160. The number of nitrogens with one attached hydrogen (secondary N) is 1. The summed E-state index contributed by atoms with van der Waals surface area (Å²) in [5.41, 5.74) is 3.36. The first-order chi connectivity index (χ1) is 16.8. The molecule has 182 valence electrons. The number of nitrogens with zero attached hydrogens (tertiary/aromatic N) is 1. The van der Waals surface area contributed by atoms with Gasteiger partial charge in [0.05, 0.1) is 23.4 Å². The second-order valence-corrected chi connectivity index (χ2v) is 8.38. The number of hydrogen-bond acceptors (Lipinski definition) is 6. The third-order valence-corrected chi connectivity index (χ3v) is 5.29. The SMILES string of the molecule is CCOc1cc(/C=N/NC(=O)C(C)Oc2ccc(Cl)cc2Cl)ccc1OC(=O)c1ccc(Cl)cc1. The first-order valence-electron chi connectivity index (χ1n) is 10.5. The van der Waals surface area contributed by atoms with Crippen LogP contribution in [0.4, 0.5) is 0 Å². The van der Waals surface area contributed by atoms with Gasteiger partial charge < -0.3 is 14.2 Å². The van der Waals surface area contributed by atoms with Gasteiger partial charge in [0.15, 0.2) is 17.6 Å². The molecule has 1 atom stereocenters. The van der Waals surface area contributed by atoms with E-state index in [1.807, 2.05) is 0 Å². The van der Waals surface area contributed by atoms with E-state index in [1.165, 1.54) is 12.3 Å². The minimum absolute atomic E-state index is 0.245. The summed E-state index contributed by atoms with van der Waals surface area (Å²) in [6, 6.07) is 15.9. The van der Waals surface area contributed by atoms with Crippen molar-refractivity contribution in [3.8, 4) is 17.2 Å². The normalized spacial score (nSPS) is 11.7. The van der Waals surface area contributed by atoms with E-state index in [9.17, 15) is 9.59 Å². The van der Waals surface area contributed by atoms with Crippen molar-refractivity contribution in [1.82, 2.24) is 5.43 Å². The molecule has 3 aromatic carbocycles. The number of rotatable bonds is 9. The summed E-state index contributed by atoms with van der Waals surface area (Å²) in [7, 11) is 0. The van der Waals surface area contributed by atoms with Gasteiger partial charge in [-0.15, -0.1) is 0 Å². The van der Waals surface area contributed by atoms with Crippen LogP contribution in [0, 0.1) is 0 Å². The maximum atomic E-state index is 12.4. The van der Waals surface area contributed by atoms with Crippen LogP contribution in [0.15, 0.2) is 65.8 Å². The molecule has 0 aliphatic heterocycles. The van der Waals surface area contributed by atoms with Crippen LogP contribution in [0.2, 0.25) is 15.1 Å². The molecule has 0 fully saturated rings. The van der Waals surface area contributed by atoms with Crippen molar-refractivity contribution < 1.29 is 23.8 Å². The lowest BCUT2D eigenvalue weighted by Gasteiger charge is -2.14. The predicted molar refractivity (Wildman–Crippen MR) is 136 cm³/mol. The van der Waals surface area contributed by atoms with E-state index in [4.69, 9.17) is 49.0 Å². The second kappa shape index (κ2) is 12.4. The predicted octanol–water partition coefficient (Wildman–Crippen LogP) is 6.18. The highest BCUT2D eigenvalue weighted by Gasteiger charge is 2.16. The second-order valence-electron chi connectivity index (χ2n) is 7.10.